The molecule has 0 aromatic heterocycles. The Hall–Kier alpha value is -2.11. The van der Waals surface area contributed by atoms with Crippen molar-refractivity contribution in [3.05, 3.63) is 48.3 Å². The Morgan fingerprint density at radius 3 is 2.09 bits per heavy atom. The normalized spacial score (nSPS) is 10.8. The van der Waals surface area contributed by atoms with Crippen molar-refractivity contribution in [3.63, 3.8) is 0 Å². The predicted octanol–water partition coefficient (Wildman–Crippen LogP) is 3.50. The number of benzene rings is 2. The lowest BCUT2D eigenvalue weighted by Gasteiger charge is -2.14. The molecule has 0 atom stereocenters. The Morgan fingerprint density at radius 2 is 1.55 bits per heavy atom. The van der Waals surface area contributed by atoms with Crippen molar-refractivity contribution in [2.75, 3.05) is 27.9 Å². The largest absolute Gasteiger partial charge is 0.494 e. The number of hydrogen-bond acceptors (Lipinski definition) is 4. The molecular weight excluding hydrogens is 287 g/mol. The molecule has 2 aromatic carbocycles. The van der Waals surface area contributed by atoms with Crippen molar-refractivity contribution in [3.8, 4) is 22.6 Å². The van der Waals surface area contributed by atoms with Gasteiger partial charge in [0.1, 0.15) is 12.4 Å². The molecule has 0 heterocycles. The van der Waals surface area contributed by atoms with Gasteiger partial charge in [0.15, 0.2) is 17.9 Å². The van der Waals surface area contributed by atoms with Crippen molar-refractivity contribution >= 4 is 0 Å². The minimum Gasteiger partial charge on any atom is -0.494 e. The van der Waals surface area contributed by atoms with Crippen molar-refractivity contribution in [2.45, 2.75) is 6.29 Å². The van der Waals surface area contributed by atoms with E-state index >= 15 is 0 Å². The summed E-state index contributed by atoms with van der Waals surface area (Å²) in [6.45, 7) is 0.295. The number of methoxy groups -OCH3 is 3. The SMILES string of the molecule is COc1ccc(-c2ccc(OCC(OC)OC)cc2)cc1F. The van der Waals surface area contributed by atoms with Gasteiger partial charge in [0.05, 0.1) is 7.11 Å². The molecule has 0 bridgehead atoms. The Labute approximate surface area is 129 Å². The van der Waals surface area contributed by atoms with E-state index in [9.17, 15) is 4.39 Å². The monoisotopic (exact) mass is 306 g/mol. The summed E-state index contributed by atoms with van der Waals surface area (Å²) in [5, 5.41) is 0. The molecule has 2 aromatic rings. The molecular formula is C17H19FO4. The number of hydrogen-bond donors (Lipinski definition) is 0. The highest BCUT2D eigenvalue weighted by atomic mass is 19.1. The van der Waals surface area contributed by atoms with Gasteiger partial charge in [-0.1, -0.05) is 18.2 Å². The van der Waals surface area contributed by atoms with Crippen molar-refractivity contribution in [1.29, 1.82) is 0 Å². The summed E-state index contributed by atoms with van der Waals surface area (Å²) >= 11 is 0. The predicted molar refractivity (Wildman–Crippen MR) is 81.7 cm³/mol. The second kappa shape index (κ2) is 7.77. The summed E-state index contributed by atoms with van der Waals surface area (Å²) < 4.78 is 34.3. The van der Waals surface area contributed by atoms with Crippen LogP contribution in [-0.2, 0) is 9.47 Å². The molecule has 2 rings (SSSR count). The molecule has 0 unspecified atom stereocenters. The molecule has 0 saturated carbocycles. The Kier molecular flexibility index (Phi) is 5.75. The van der Waals surface area contributed by atoms with Gasteiger partial charge in [-0.25, -0.2) is 4.39 Å². The van der Waals surface area contributed by atoms with Crippen molar-refractivity contribution in [2.24, 2.45) is 0 Å². The Morgan fingerprint density at radius 1 is 0.909 bits per heavy atom. The zero-order valence-corrected chi connectivity index (χ0v) is 12.8. The summed E-state index contributed by atoms with van der Waals surface area (Å²) in [7, 11) is 4.55. The van der Waals surface area contributed by atoms with Crippen LogP contribution >= 0.6 is 0 Å². The van der Waals surface area contributed by atoms with Crippen LogP contribution in [0.1, 0.15) is 0 Å². The van der Waals surface area contributed by atoms with Crippen LogP contribution in [0.2, 0.25) is 0 Å². The van der Waals surface area contributed by atoms with Crippen LogP contribution in [0, 0.1) is 5.82 Å². The molecule has 0 aliphatic heterocycles. The second-order valence-corrected chi connectivity index (χ2v) is 4.59. The van der Waals surface area contributed by atoms with Crippen molar-refractivity contribution in [1.82, 2.24) is 0 Å². The lowest BCUT2D eigenvalue weighted by atomic mass is 10.1. The number of halogens is 1. The van der Waals surface area contributed by atoms with Gasteiger partial charge in [-0.15, -0.1) is 0 Å². The number of ether oxygens (including phenoxy) is 4. The van der Waals surface area contributed by atoms with E-state index in [0.717, 1.165) is 11.1 Å². The fourth-order valence-electron chi connectivity index (χ4n) is 1.99. The zero-order chi connectivity index (χ0) is 15.9. The van der Waals surface area contributed by atoms with Crippen LogP contribution in [0.4, 0.5) is 4.39 Å². The first-order valence-corrected chi connectivity index (χ1v) is 6.80. The van der Waals surface area contributed by atoms with Crippen LogP contribution in [0.25, 0.3) is 11.1 Å². The molecule has 0 radical (unpaired) electrons. The zero-order valence-electron chi connectivity index (χ0n) is 12.8. The van der Waals surface area contributed by atoms with Gasteiger partial charge in [-0.05, 0) is 35.4 Å². The fraction of sp³-hybridized carbons (Fsp3) is 0.294. The Bertz CT molecular complexity index is 594. The van der Waals surface area contributed by atoms with Gasteiger partial charge in [-0.2, -0.15) is 0 Å². The van der Waals surface area contributed by atoms with Gasteiger partial charge in [0, 0.05) is 14.2 Å². The van der Waals surface area contributed by atoms with Gasteiger partial charge >= 0.3 is 0 Å². The maximum absolute atomic E-state index is 13.7. The molecule has 0 saturated heterocycles. The molecule has 0 N–H and O–H groups in total. The first-order chi connectivity index (χ1) is 10.7. The van der Waals surface area contributed by atoms with Crippen LogP contribution in [-0.4, -0.2) is 34.2 Å². The standard InChI is InChI=1S/C17H19FO4/c1-19-16-9-6-13(10-15(16)18)12-4-7-14(8-5-12)22-11-17(20-2)21-3/h4-10,17H,11H2,1-3H3. The minimum atomic E-state index is -0.407. The van der Waals surface area contributed by atoms with Crippen molar-refractivity contribution < 1.29 is 23.3 Å². The quantitative estimate of drug-likeness (QED) is 0.734. The van der Waals surface area contributed by atoms with E-state index in [4.69, 9.17) is 18.9 Å². The topological polar surface area (TPSA) is 36.9 Å². The minimum absolute atomic E-state index is 0.230. The molecule has 4 nitrogen and oxygen atoms in total. The second-order valence-electron chi connectivity index (χ2n) is 4.59. The van der Waals surface area contributed by atoms with Gasteiger partial charge < -0.3 is 18.9 Å². The first-order valence-electron chi connectivity index (χ1n) is 6.80. The maximum atomic E-state index is 13.7. The van der Waals surface area contributed by atoms with E-state index in [-0.39, 0.29) is 11.6 Å². The molecule has 0 spiro atoms. The highest BCUT2D eigenvalue weighted by molar-refractivity contribution is 5.65. The summed E-state index contributed by atoms with van der Waals surface area (Å²) in [6.07, 6.45) is -0.407. The third-order valence-corrected chi connectivity index (χ3v) is 3.25. The smallest absolute Gasteiger partial charge is 0.191 e. The summed E-state index contributed by atoms with van der Waals surface area (Å²) in [5.74, 6) is 0.536. The average Bonchev–Trinajstić information content (AvgIpc) is 2.56. The van der Waals surface area contributed by atoms with Gasteiger partial charge in [-0.3, -0.25) is 0 Å². The highest BCUT2D eigenvalue weighted by Crippen LogP contribution is 2.27. The fourth-order valence-corrected chi connectivity index (χ4v) is 1.99. The molecule has 0 fully saturated rings. The van der Waals surface area contributed by atoms with E-state index in [1.54, 1.807) is 20.3 Å². The van der Waals surface area contributed by atoms with E-state index in [1.807, 2.05) is 30.3 Å². The van der Waals surface area contributed by atoms with Gasteiger partial charge in [0.2, 0.25) is 0 Å². The number of rotatable bonds is 7. The molecule has 118 valence electrons. The third-order valence-electron chi connectivity index (χ3n) is 3.25. The maximum Gasteiger partial charge on any atom is 0.191 e. The van der Waals surface area contributed by atoms with Crippen LogP contribution in [0.3, 0.4) is 0 Å². The third kappa shape index (κ3) is 3.96. The van der Waals surface area contributed by atoms with Gasteiger partial charge in [0.25, 0.3) is 0 Å². The molecule has 5 heteroatoms. The van der Waals surface area contributed by atoms with E-state index < -0.39 is 6.29 Å². The summed E-state index contributed by atoms with van der Waals surface area (Å²) in [5.41, 5.74) is 1.67. The van der Waals surface area contributed by atoms with E-state index in [2.05, 4.69) is 0 Å². The molecule has 0 amide bonds. The van der Waals surface area contributed by atoms with Crippen LogP contribution < -0.4 is 9.47 Å². The average molecular weight is 306 g/mol. The lowest BCUT2D eigenvalue weighted by Crippen LogP contribution is -2.21. The van der Waals surface area contributed by atoms with E-state index in [0.29, 0.717) is 12.4 Å². The molecule has 0 aliphatic carbocycles. The molecule has 0 aliphatic rings. The van der Waals surface area contributed by atoms with Crippen LogP contribution in [0.5, 0.6) is 11.5 Å². The Balaban J connectivity index is 2.07. The summed E-state index contributed by atoms with van der Waals surface area (Å²) in [6, 6.07) is 12.2. The van der Waals surface area contributed by atoms with E-state index in [1.165, 1.54) is 13.2 Å². The molecule has 22 heavy (non-hydrogen) atoms. The lowest BCUT2D eigenvalue weighted by molar-refractivity contribution is -0.121. The highest BCUT2D eigenvalue weighted by Gasteiger charge is 2.07. The first kappa shape index (κ1) is 16.3. The summed E-state index contributed by atoms with van der Waals surface area (Å²) in [4.78, 5) is 0. The van der Waals surface area contributed by atoms with Crippen LogP contribution in [0.15, 0.2) is 42.5 Å².